The number of rotatable bonds is 4. The van der Waals surface area contributed by atoms with Gasteiger partial charge in [0.2, 0.25) is 0 Å². The van der Waals surface area contributed by atoms with E-state index in [0.29, 0.717) is 24.9 Å². The molecule has 1 saturated carbocycles. The highest BCUT2D eigenvalue weighted by Crippen LogP contribution is 2.41. The third-order valence-corrected chi connectivity index (χ3v) is 7.71. The number of amides is 1. The summed E-state index contributed by atoms with van der Waals surface area (Å²) in [5.74, 6) is 0.633. The lowest BCUT2D eigenvalue weighted by molar-refractivity contribution is -0.138. The van der Waals surface area contributed by atoms with Crippen LogP contribution in [-0.2, 0) is 17.5 Å². The molecule has 0 N–H and O–H groups in total. The van der Waals surface area contributed by atoms with Gasteiger partial charge in [0.15, 0.2) is 0 Å². The Morgan fingerprint density at radius 1 is 1.06 bits per heavy atom. The molecule has 1 saturated heterocycles. The third-order valence-electron chi connectivity index (χ3n) is 6.24. The molecule has 0 unspecified atom stereocenters. The maximum Gasteiger partial charge on any atom is 0.416 e. The van der Waals surface area contributed by atoms with E-state index >= 15 is 0 Å². The first-order chi connectivity index (χ1) is 15.3. The van der Waals surface area contributed by atoms with Crippen LogP contribution < -0.4 is 9.80 Å². The molecule has 2 aliphatic heterocycles. The van der Waals surface area contributed by atoms with Gasteiger partial charge in [0.1, 0.15) is 5.37 Å². The SMILES string of the molecule is O=C([C@@H]1SCCN1Cc1cc(Cl)ccc1C(F)(F)F)N1CCN(C2CC2)c2ccccc21. The number of fused-ring (bicyclic) bond motifs is 1. The summed E-state index contributed by atoms with van der Waals surface area (Å²) >= 11 is 7.49. The molecule has 1 amide bonds. The van der Waals surface area contributed by atoms with Crippen molar-refractivity contribution in [2.75, 3.05) is 35.2 Å². The van der Waals surface area contributed by atoms with Crippen LogP contribution in [0.3, 0.4) is 0 Å². The van der Waals surface area contributed by atoms with Gasteiger partial charge in [-0.25, -0.2) is 0 Å². The van der Waals surface area contributed by atoms with E-state index in [2.05, 4.69) is 4.90 Å². The molecule has 3 aliphatic rings. The number of carbonyl (C=O) groups is 1. The minimum absolute atomic E-state index is 0.0303. The zero-order valence-electron chi connectivity index (χ0n) is 17.3. The largest absolute Gasteiger partial charge is 0.416 e. The first kappa shape index (κ1) is 21.9. The third kappa shape index (κ3) is 4.20. The van der Waals surface area contributed by atoms with Gasteiger partial charge in [-0.1, -0.05) is 23.7 Å². The minimum Gasteiger partial charge on any atom is -0.365 e. The highest BCUT2D eigenvalue weighted by Gasteiger charge is 2.41. The van der Waals surface area contributed by atoms with Crippen LogP contribution in [0.15, 0.2) is 42.5 Å². The molecule has 32 heavy (non-hydrogen) atoms. The lowest BCUT2D eigenvalue weighted by Crippen LogP contribution is -2.50. The maximum absolute atomic E-state index is 13.6. The fourth-order valence-corrected chi connectivity index (χ4v) is 6.01. The van der Waals surface area contributed by atoms with Crippen LogP contribution in [-0.4, -0.2) is 47.6 Å². The van der Waals surface area contributed by atoms with E-state index < -0.39 is 17.1 Å². The van der Waals surface area contributed by atoms with Crippen LogP contribution >= 0.6 is 23.4 Å². The molecule has 170 valence electrons. The summed E-state index contributed by atoms with van der Waals surface area (Å²) in [6, 6.07) is 12.1. The van der Waals surface area contributed by atoms with Crippen LogP contribution in [0.5, 0.6) is 0 Å². The molecule has 5 rings (SSSR count). The molecule has 1 aliphatic carbocycles. The number of carbonyl (C=O) groups excluding carboxylic acids is 1. The van der Waals surface area contributed by atoms with E-state index in [9.17, 15) is 18.0 Å². The number of hydrogen-bond acceptors (Lipinski definition) is 4. The van der Waals surface area contributed by atoms with Gasteiger partial charge in [-0.15, -0.1) is 11.8 Å². The van der Waals surface area contributed by atoms with Crippen molar-refractivity contribution in [3.63, 3.8) is 0 Å². The monoisotopic (exact) mass is 481 g/mol. The van der Waals surface area contributed by atoms with Crippen LogP contribution in [0, 0.1) is 0 Å². The summed E-state index contributed by atoms with van der Waals surface area (Å²) in [6.07, 6.45) is -2.12. The Balaban J connectivity index is 1.39. The van der Waals surface area contributed by atoms with Gasteiger partial charge in [-0.3, -0.25) is 9.69 Å². The average Bonchev–Trinajstić information content (AvgIpc) is 3.50. The summed E-state index contributed by atoms with van der Waals surface area (Å²) in [7, 11) is 0. The van der Waals surface area contributed by atoms with Crippen LogP contribution in [0.1, 0.15) is 24.0 Å². The quantitative estimate of drug-likeness (QED) is 0.596. The molecular weight excluding hydrogens is 459 g/mol. The van der Waals surface area contributed by atoms with E-state index in [1.54, 1.807) is 0 Å². The van der Waals surface area contributed by atoms with Crippen molar-refractivity contribution in [1.29, 1.82) is 0 Å². The second-order valence-corrected chi connectivity index (χ2v) is 10.0. The van der Waals surface area contributed by atoms with Crippen LogP contribution in [0.25, 0.3) is 0 Å². The Morgan fingerprint density at radius 2 is 1.81 bits per heavy atom. The Morgan fingerprint density at radius 3 is 2.53 bits per heavy atom. The highest BCUT2D eigenvalue weighted by atomic mass is 35.5. The second-order valence-electron chi connectivity index (χ2n) is 8.40. The Bertz CT molecular complexity index is 1030. The maximum atomic E-state index is 13.6. The number of para-hydroxylation sites is 2. The number of benzene rings is 2. The molecule has 1 atom stereocenters. The zero-order chi connectivity index (χ0) is 22.5. The molecule has 4 nitrogen and oxygen atoms in total. The van der Waals surface area contributed by atoms with E-state index in [1.165, 1.54) is 36.7 Å². The molecule has 2 aromatic carbocycles. The fraction of sp³-hybridized carbons (Fsp3) is 0.435. The normalized spacial score (nSPS) is 21.7. The molecule has 0 bridgehead atoms. The van der Waals surface area contributed by atoms with Gasteiger partial charge in [0.05, 0.1) is 16.9 Å². The molecular formula is C23H23ClF3N3OS. The van der Waals surface area contributed by atoms with Crippen molar-refractivity contribution in [3.8, 4) is 0 Å². The molecule has 2 aromatic rings. The van der Waals surface area contributed by atoms with E-state index in [0.717, 1.165) is 24.0 Å². The number of nitrogens with zero attached hydrogens (tertiary/aromatic N) is 3. The fourth-order valence-electron chi connectivity index (χ4n) is 4.59. The summed E-state index contributed by atoms with van der Waals surface area (Å²) in [6.45, 7) is 1.94. The van der Waals surface area contributed by atoms with Gasteiger partial charge < -0.3 is 9.80 Å². The zero-order valence-corrected chi connectivity index (χ0v) is 18.9. The van der Waals surface area contributed by atoms with Gasteiger partial charge in [0, 0.05) is 43.0 Å². The van der Waals surface area contributed by atoms with E-state index in [4.69, 9.17) is 11.6 Å². The van der Waals surface area contributed by atoms with Gasteiger partial charge in [-0.05, 0) is 48.7 Å². The van der Waals surface area contributed by atoms with Crippen molar-refractivity contribution in [1.82, 2.24) is 4.90 Å². The topological polar surface area (TPSA) is 26.8 Å². The summed E-state index contributed by atoms with van der Waals surface area (Å²) in [4.78, 5) is 19.6. The van der Waals surface area contributed by atoms with Crippen molar-refractivity contribution < 1.29 is 18.0 Å². The number of hydrogen-bond donors (Lipinski definition) is 0. The Kier molecular flexibility index (Phi) is 5.80. The first-order valence-electron chi connectivity index (χ1n) is 10.7. The molecule has 2 fully saturated rings. The first-order valence-corrected chi connectivity index (χ1v) is 12.1. The second kappa shape index (κ2) is 8.47. The Hall–Kier alpha value is -1.90. The minimum atomic E-state index is -4.47. The molecule has 0 radical (unpaired) electrons. The lowest BCUT2D eigenvalue weighted by Gasteiger charge is -2.39. The molecule has 9 heteroatoms. The van der Waals surface area contributed by atoms with Crippen molar-refractivity contribution in [3.05, 3.63) is 58.6 Å². The van der Waals surface area contributed by atoms with E-state index in [1.807, 2.05) is 34.1 Å². The highest BCUT2D eigenvalue weighted by molar-refractivity contribution is 8.00. The predicted octanol–water partition coefficient (Wildman–Crippen LogP) is 5.25. The van der Waals surface area contributed by atoms with Crippen LogP contribution in [0.2, 0.25) is 5.02 Å². The van der Waals surface area contributed by atoms with Gasteiger partial charge in [0.25, 0.3) is 5.91 Å². The standard InChI is InChI=1S/C23H23ClF3N3OS/c24-16-5-8-18(23(25,26)27)15(13-16)14-28-11-12-32-22(28)21(31)30-10-9-29(17-6-7-17)19-3-1-2-4-20(19)30/h1-5,8,13,17,22H,6-7,9-12,14H2/t22-/m0/s1. The van der Waals surface area contributed by atoms with Gasteiger partial charge >= 0.3 is 6.18 Å². The summed E-state index contributed by atoms with van der Waals surface area (Å²) < 4.78 is 40.6. The van der Waals surface area contributed by atoms with Crippen LogP contribution in [0.4, 0.5) is 24.5 Å². The Labute approximate surface area is 194 Å². The van der Waals surface area contributed by atoms with Crippen molar-refractivity contribution in [2.45, 2.75) is 37.0 Å². The lowest BCUT2D eigenvalue weighted by atomic mass is 10.1. The molecule has 0 aromatic heterocycles. The molecule has 0 spiro atoms. The van der Waals surface area contributed by atoms with Gasteiger partial charge in [-0.2, -0.15) is 13.2 Å². The van der Waals surface area contributed by atoms with Crippen molar-refractivity contribution >= 4 is 40.6 Å². The number of anilines is 2. The summed E-state index contributed by atoms with van der Waals surface area (Å²) in [5.41, 5.74) is 1.36. The smallest absolute Gasteiger partial charge is 0.365 e. The van der Waals surface area contributed by atoms with Crippen molar-refractivity contribution in [2.24, 2.45) is 0 Å². The molecule has 2 heterocycles. The average molecular weight is 482 g/mol. The van der Waals surface area contributed by atoms with E-state index in [-0.39, 0.29) is 23.0 Å². The number of thioether (sulfide) groups is 1. The predicted molar refractivity (Wildman–Crippen MR) is 122 cm³/mol. The number of halogens is 4. The number of alkyl halides is 3. The summed E-state index contributed by atoms with van der Waals surface area (Å²) in [5, 5.41) is -0.261.